The van der Waals surface area contributed by atoms with E-state index in [0.717, 1.165) is 0 Å². The molecule has 3 rings (SSSR count). The second-order valence-corrected chi connectivity index (χ2v) is 9.18. The standard InChI is InChI=1S/C27H40N4O10.ClH/c28-6-7-36-8-9-37-10-11-38-12-13-39-14-15-40-16-17-41-19-25(33)29-22-3-1-2-20-21(22)18-31(27(20)35)23-4-5-24(32)30-26(23)34;/h1-3,23H,4-19,28H2,(H,29,33)(H,30,32,34);1H. The second-order valence-electron chi connectivity index (χ2n) is 9.18. The van der Waals surface area contributed by atoms with Gasteiger partial charge in [0.2, 0.25) is 17.7 Å². The predicted octanol–water partition coefficient (Wildman–Crippen LogP) is -0.134. The zero-order valence-corrected chi connectivity index (χ0v) is 24.5. The Balaban J connectivity index is 0.00000616. The molecule has 2 heterocycles. The molecule has 0 aliphatic carbocycles. The summed E-state index contributed by atoms with van der Waals surface area (Å²) in [6.07, 6.45) is 0.444. The number of benzene rings is 1. The molecule has 0 saturated carbocycles. The normalized spacial score (nSPS) is 16.3. The van der Waals surface area contributed by atoms with Gasteiger partial charge < -0.3 is 44.4 Å². The van der Waals surface area contributed by atoms with Gasteiger partial charge in [-0.1, -0.05) is 6.07 Å². The number of hydrogen-bond acceptors (Lipinski definition) is 11. The number of carbonyl (C=O) groups excluding carboxylic acids is 4. The van der Waals surface area contributed by atoms with E-state index in [1.165, 1.54) is 4.90 Å². The highest BCUT2D eigenvalue weighted by Gasteiger charge is 2.39. The molecule has 1 aromatic rings. The van der Waals surface area contributed by atoms with Gasteiger partial charge in [-0.15, -0.1) is 12.4 Å². The van der Waals surface area contributed by atoms with Gasteiger partial charge in [0.25, 0.3) is 5.91 Å². The third-order valence-electron chi connectivity index (χ3n) is 6.21. The average Bonchev–Trinajstić information content (AvgIpc) is 3.29. The predicted molar refractivity (Wildman–Crippen MR) is 152 cm³/mol. The smallest absolute Gasteiger partial charge is 0.255 e. The van der Waals surface area contributed by atoms with E-state index in [0.29, 0.717) is 89.4 Å². The monoisotopic (exact) mass is 616 g/mol. The molecular weight excluding hydrogens is 576 g/mol. The molecule has 1 unspecified atom stereocenters. The Morgan fingerprint density at radius 1 is 0.857 bits per heavy atom. The van der Waals surface area contributed by atoms with Crippen LogP contribution in [0.5, 0.6) is 0 Å². The van der Waals surface area contributed by atoms with Crippen LogP contribution < -0.4 is 16.4 Å². The summed E-state index contributed by atoms with van der Waals surface area (Å²) in [5.41, 5.74) is 6.85. The fourth-order valence-electron chi connectivity index (χ4n) is 4.24. The van der Waals surface area contributed by atoms with Crippen LogP contribution in [-0.2, 0) is 49.3 Å². The summed E-state index contributed by atoms with van der Waals surface area (Å²) >= 11 is 0. The van der Waals surface area contributed by atoms with Crippen LogP contribution in [0.1, 0.15) is 28.8 Å². The number of carbonyl (C=O) groups is 4. The summed E-state index contributed by atoms with van der Waals surface area (Å²) in [6.45, 7) is 5.23. The Kier molecular flexibility index (Phi) is 17.1. The van der Waals surface area contributed by atoms with Gasteiger partial charge in [0.05, 0.1) is 72.7 Å². The van der Waals surface area contributed by atoms with Crippen molar-refractivity contribution in [2.75, 3.05) is 91.1 Å². The maximum atomic E-state index is 12.9. The third-order valence-corrected chi connectivity index (χ3v) is 6.21. The molecule has 14 nitrogen and oxygen atoms in total. The number of halogens is 1. The van der Waals surface area contributed by atoms with Crippen LogP contribution in [-0.4, -0.2) is 120 Å². The van der Waals surface area contributed by atoms with E-state index >= 15 is 0 Å². The first-order valence-corrected chi connectivity index (χ1v) is 13.7. The van der Waals surface area contributed by atoms with Gasteiger partial charge in [-0.3, -0.25) is 24.5 Å². The van der Waals surface area contributed by atoms with Crippen molar-refractivity contribution in [3.05, 3.63) is 29.3 Å². The molecular formula is C27H41ClN4O10. The van der Waals surface area contributed by atoms with Crippen molar-refractivity contribution in [1.82, 2.24) is 10.2 Å². The van der Waals surface area contributed by atoms with Gasteiger partial charge in [0.1, 0.15) is 12.6 Å². The number of anilines is 1. The summed E-state index contributed by atoms with van der Waals surface area (Å²) in [5, 5.41) is 5.05. The summed E-state index contributed by atoms with van der Waals surface area (Å²) in [5.74, 6) is -1.51. The molecule has 1 fully saturated rings. The molecule has 0 spiro atoms. The number of nitrogens with two attached hydrogens (primary N) is 1. The van der Waals surface area contributed by atoms with Crippen molar-refractivity contribution < 1.29 is 47.6 Å². The summed E-state index contributed by atoms with van der Waals surface area (Å²) in [4.78, 5) is 50.5. The SMILES string of the molecule is Cl.NCCOCCOCCOCCOCCOCCOCC(=O)Nc1cccc2c1CN(C1CCC(=O)NC1=O)C2=O. The number of ether oxygens (including phenoxy) is 6. The lowest BCUT2D eigenvalue weighted by atomic mass is 10.0. The van der Waals surface area contributed by atoms with E-state index in [4.69, 9.17) is 34.2 Å². The van der Waals surface area contributed by atoms with Crippen molar-refractivity contribution in [1.29, 1.82) is 0 Å². The Bertz CT molecular complexity index is 1020. The minimum atomic E-state index is -0.721. The summed E-state index contributed by atoms with van der Waals surface area (Å²) < 4.78 is 32.2. The molecule has 1 saturated heterocycles. The Morgan fingerprint density at radius 2 is 1.40 bits per heavy atom. The number of fused-ring (bicyclic) bond motifs is 1. The first-order chi connectivity index (χ1) is 20.0. The molecule has 1 aromatic carbocycles. The molecule has 2 aliphatic heterocycles. The van der Waals surface area contributed by atoms with Crippen LogP contribution in [0.4, 0.5) is 5.69 Å². The third kappa shape index (κ3) is 11.9. The lowest BCUT2D eigenvalue weighted by Crippen LogP contribution is -2.52. The van der Waals surface area contributed by atoms with Crippen molar-refractivity contribution in [2.45, 2.75) is 25.4 Å². The molecule has 2 aliphatic rings. The second kappa shape index (κ2) is 20.3. The fraction of sp³-hybridized carbons (Fsp3) is 0.630. The largest absolute Gasteiger partial charge is 0.378 e. The topological polar surface area (TPSA) is 177 Å². The van der Waals surface area contributed by atoms with Gasteiger partial charge in [0, 0.05) is 36.3 Å². The van der Waals surface area contributed by atoms with Gasteiger partial charge >= 0.3 is 0 Å². The van der Waals surface area contributed by atoms with Crippen LogP contribution >= 0.6 is 12.4 Å². The maximum absolute atomic E-state index is 12.9. The number of hydrogen-bond donors (Lipinski definition) is 3. The molecule has 4 amide bonds. The molecule has 236 valence electrons. The minimum absolute atomic E-state index is 0. The zero-order chi connectivity index (χ0) is 29.3. The molecule has 42 heavy (non-hydrogen) atoms. The van der Waals surface area contributed by atoms with Gasteiger partial charge in [-0.25, -0.2) is 0 Å². The average molecular weight is 617 g/mol. The highest BCUT2D eigenvalue weighted by atomic mass is 35.5. The van der Waals surface area contributed by atoms with E-state index in [1.54, 1.807) is 18.2 Å². The molecule has 15 heteroatoms. The lowest BCUT2D eigenvalue weighted by Gasteiger charge is -2.29. The highest BCUT2D eigenvalue weighted by Crippen LogP contribution is 2.32. The number of amides is 4. The van der Waals surface area contributed by atoms with Crippen molar-refractivity contribution in [2.24, 2.45) is 5.73 Å². The Labute approximate surface area is 251 Å². The van der Waals surface area contributed by atoms with Gasteiger partial charge in [0.15, 0.2) is 0 Å². The first kappa shape index (κ1) is 35.5. The van der Waals surface area contributed by atoms with E-state index in [9.17, 15) is 19.2 Å². The summed E-state index contributed by atoms with van der Waals surface area (Å²) in [7, 11) is 0. The van der Waals surface area contributed by atoms with Crippen LogP contribution in [0.3, 0.4) is 0 Å². The highest BCUT2D eigenvalue weighted by molar-refractivity contribution is 6.06. The van der Waals surface area contributed by atoms with E-state index in [-0.39, 0.29) is 62.7 Å². The molecule has 0 radical (unpaired) electrons. The number of imide groups is 1. The van der Waals surface area contributed by atoms with Crippen LogP contribution in [0, 0.1) is 0 Å². The summed E-state index contributed by atoms with van der Waals surface area (Å²) in [6, 6.07) is 4.30. The molecule has 0 bridgehead atoms. The van der Waals surface area contributed by atoms with Crippen LogP contribution in [0.15, 0.2) is 18.2 Å². The number of rotatable bonds is 21. The van der Waals surface area contributed by atoms with Crippen LogP contribution in [0.25, 0.3) is 0 Å². The molecule has 1 atom stereocenters. The fourth-order valence-corrected chi connectivity index (χ4v) is 4.24. The van der Waals surface area contributed by atoms with Gasteiger partial charge in [-0.05, 0) is 18.6 Å². The van der Waals surface area contributed by atoms with Crippen LogP contribution in [0.2, 0.25) is 0 Å². The van der Waals surface area contributed by atoms with Gasteiger partial charge in [-0.2, -0.15) is 0 Å². The number of nitrogens with zero attached hydrogens (tertiary/aromatic N) is 1. The van der Waals surface area contributed by atoms with Crippen molar-refractivity contribution in [3.63, 3.8) is 0 Å². The van der Waals surface area contributed by atoms with Crippen molar-refractivity contribution in [3.8, 4) is 0 Å². The van der Waals surface area contributed by atoms with Crippen molar-refractivity contribution >= 4 is 41.7 Å². The molecule has 4 N–H and O–H groups in total. The Hall–Kier alpha value is -2.69. The zero-order valence-electron chi connectivity index (χ0n) is 23.6. The quantitative estimate of drug-likeness (QED) is 0.124. The van der Waals surface area contributed by atoms with E-state index in [1.807, 2.05) is 0 Å². The number of piperidine rings is 1. The lowest BCUT2D eigenvalue weighted by molar-refractivity contribution is -0.137. The minimum Gasteiger partial charge on any atom is -0.378 e. The number of nitrogens with one attached hydrogen (secondary N) is 2. The maximum Gasteiger partial charge on any atom is 0.255 e. The van der Waals surface area contributed by atoms with E-state index in [2.05, 4.69) is 10.6 Å². The molecule has 0 aromatic heterocycles. The van der Waals surface area contributed by atoms with E-state index < -0.39 is 11.9 Å². The Morgan fingerprint density at radius 3 is 1.95 bits per heavy atom. The first-order valence-electron chi connectivity index (χ1n) is 13.7.